The fourth-order valence-electron chi connectivity index (χ4n) is 3.62. The van der Waals surface area contributed by atoms with E-state index >= 15 is 0 Å². The number of halogens is 5. The maximum Gasteiger partial charge on any atom is 0.416 e. The number of carboxylic acid groups (broad SMARTS) is 1. The van der Waals surface area contributed by atoms with Gasteiger partial charge in [-0.05, 0) is 48.4 Å². The summed E-state index contributed by atoms with van der Waals surface area (Å²) in [6.07, 6.45) is -1.38. The largest absolute Gasteiger partial charge is 0.481 e. The molecule has 2 aromatic carbocycles. The van der Waals surface area contributed by atoms with Gasteiger partial charge in [0.15, 0.2) is 0 Å². The average molecular weight is 527 g/mol. The minimum atomic E-state index is -4.60. The topological polar surface area (TPSA) is 89.3 Å². The van der Waals surface area contributed by atoms with Crippen molar-refractivity contribution in [2.75, 3.05) is 0 Å². The Balaban J connectivity index is 1.81. The van der Waals surface area contributed by atoms with Crippen molar-refractivity contribution in [2.45, 2.75) is 23.9 Å². The minimum absolute atomic E-state index is 0.0305. The molecular formula is C23H15ClF4N2O4S. The number of pyridine rings is 1. The first-order chi connectivity index (χ1) is 16.4. The van der Waals surface area contributed by atoms with E-state index in [1.807, 2.05) is 0 Å². The fourth-order valence-corrected chi connectivity index (χ4v) is 5.30. The van der Waals surface area contributed by atoms with Crippen LogP contribution in [0.4, 0.5) is 17.6 Å². The molecule has 182 valence electrons. The van der Waals surface area contributed by atoms with E-state index in [1.54, 1.807) is 0 Å². The van der Waals surface area contributed by atoms with Crippen molar-refractivity contribution in [1.82, 2.24) is 8.96 Å². The number of carbonyl (C=O) groups is 1. The summed E-state index contributed by atoms with van der Waals surface area (Å²) in [5.41, 5.74) is -0.197. The first kappa shape index (κ1) is 24.7. The first-order valence-corrected chi connectivity index (χ1v) is 11.8. The quantitative estimate of drug-likeness (QED) is 0.322. The van der Waals surface area contributed by atoms with Crippen LogP contribution in [0.15, 0.2) is 66.0 Å². The molecule has 0 unspecified atom stereocenters. The highest BCUT2D eigenvalue weighted by molar-refractivity contribution is 7.90. The van der Waals surface area contributed by atoms with Crippen LogP contribution in [0.3, 0.4) is 0 Å². The zero-order valence-corrected chi connectivity index (χ0v) is 19.1. The van der Waals surface area contributed by atoms with E-state index in [0.29, 0.717) is 5.56 Å². The summed E-state index contributed by atoms with van der Waals surface area (Å²) in [6, 6.07) is 7.35. The predicted octanol–water partition coefficient (Wildman–Crippen LogP) is 5.77. The number of aryl methyl sites for hydroxylation is 1. The van der Waals surface area contributed by atoms with Gasteiger partial charge >= 0.3 is 12.1 Å². The Bertz CT molecular complexity index is 1570. The van der Waals surface area contributed by atoms with Gasteiger partial charge in [0.05, 0.1) is 11.1 Å². The average Bonchev–Trinajstić information content (AvgIpc) is 3.15. The molecule has 2 aromatic heterocycles. The van der Waals surface area contributed by atoms with Gasteiger partial charge in [0.2, 0.25) is 0 Å². The highest BCUT2D eigenvalue weighted by atomic mass is 35.5. The summed E-state index contributed by atoms with van der Waals surface area (Å²) in [7, 11) is -4.31. The molecule has 0 aliphatic heterocycles. The molecule has 0 bridgehead atoms. The summed E-state index contributed by atoms with van der Waals surface area (Å²) in [4.78, 5) is 14.6. The van der Waals surface area contributed by atoms with Crippen molar-refractivity contribution in [2.24, 2.45) is 0 Å². The van der Waals surface area contributed by atoms with Gasteiger partial charge < -0.3 is 5.11 Å². The van der Waals surface area contributed by atoms with E-state index < -0.39 is 33.5 Å². The molecule has 2 heterocycles. The van der Waals surface area contributed by atoms with Crippen LogP contribution in [0, 0.1) is 5.82 Å². The highest BCUT2D eigenvalue weighted by Crippen LogP contribution is 2.36. The zero-order chi connectivity index (χ0) is 25.5. The summed E-state index contributed by atoms with van der Waals surface area (Å²) in [5.74, 6) is -1.72. The van der Waals surface area contributed by atoms with Gasteiger partial charge in [-0.1, -0.05) is 17.7 Å². The lowest BCUT2D eigenvalue weighted by atomic mass is 10.1. The molecule has 0 aliphatic rings. The summed E-state index contributed by atoms with van der Waals surface area (Å²) in [6.45, 7) is 0. The molecule has 0 atom stereocenters. The predicted molar refractivity (Wildman–Crippen MR) is 120 cm³/mol. The van der Waals surface area contributed by atoms with Gasteiger partial charge in [-0.2, -0.15) is 13.2 Å². The molecule has 12 heteroatoms. The van der Waals surface area contributed by atoms with Crippen molar-refractivity contribution in [1.29, 1.82) is 0 Å². The van der Waals surface area contributed by atoms with Crippen LogP contribution >= 0.6 is 11.6 Å². The van der Waals surface area contributed by atoms with E-state index in [1.165, 1.54) is 24.5 Å². The monoisotopic (exact) mass is 526 g/mol. The number of rotatable bonds is 6. The maximum atomic E-state index is 13.9. The lowest BCUT2D eigenvalue weighted by molar-refractivity contribution is -0.138. The zero-order valence-electron chi connectivity index (χ0n) is 17.6. The summed E-state index contributed by atoms with van der Waals surface area (Å²) in [5, 5.41) is 8.99. The smallest absolute Gasteiger partial charge is 0.416 e. The number of alkyl halides is 3. The van der Waals surface area contributed by atoms with Gasteiger partial charge in [0, 0.05) is 46.5 Å². The first-order valence-electron chi connectivity index (χ1n) is 9.97. The van der Waals surface area contributed by atoms with Crippen LogP contribution in [0.25, 0.3) is 22.0 Å². The van der Waals surface area contributed by atoms with Crippen molar-refractivity contribution in [3.8, 4) is 11.1 Å². The highest BCUT2D eigenvalue weighted by Gasteiger charge is 2.31. The molecule has 1 N–H and O–H groups in total. The molecule has 0 spiro atoms. The molecule has 0 saturated heterocycles. The molecule has 0 radical (unpaired) electrons. The Hall–Kier alpha value is -3.44. The molecule has 35 heavy (non-hydrogen) atoms. The van der Waals surface area contributed by atoms with E-state index in [2.05, 4.69) is 4.98 Å². The molecule has 0 aliphatic carbocycles. The van der Waals surface area contributed by atoms with Gasteiger partial charge in [-0.15, -0.1) is 0 Å². The maximum absolute atomic E-state index is 13.9. The number of carboxylic acids is 1. The molecular weight excluding hydrogens is 512 g/mol. The summed E-state index contributed by atoms with van der Waals surface area (Å²) >= 11 is 6.04. The van der Waals surface area contributed by atoms with Gasteiger partial charge in [-0.3, -0.25) is 9.78 Å². The standard InChI is InChI=1S/C23H15ClF4N2O4S/c24-20-8-15(23(26,27)28)2-4-18(20)14-7-17(11-29-10-14)35(33,34)30-12-13(1-6-22(31)32)19-9-16(25)3-5-21(19)30/h2-5,7-12H,1,6H2,(H,31,32). The normalized spacial score (nSPS) is 12.3. The Morgan fingerprint density at radius 3 is 2.49 bits per heavy atom. The molecule has 0 fully saturated rings. The number of fused-ring (bicyclic) bond motifs is 1. The van der Waals surface area contributed by atoms with Crippen LogP contribution in [-0.2, 0) is 27.4 Å². The lowest BCUT2D eigenvalue weighted by Gasteiger charge is -2.12. The Morgan fingerprint density at radius 2 is 1.83 bits per heavy atom. The number of hydrogen-bond acceptors (Lipinski definition) is 4. The lowest BCUT2D eigenvalue weighted by Crippen LogP contribution is -2.12. The van der Waals surface area contributed by atoms with Crippen molar-refractivity contribution < 1.29 is 35.9 Å². The third-order valence-electron chi connectivity index (χ3n) is 5.30. The van der Waals surface area contributed by atoms with Crippen LogP contribution in [0.5, 0.6) is 0 Å². The fraction of sp³-hybridized carbons (Fsp3) is 0.130. The number of hydrogen-bond donors (Lipinski definition) is 1. The summed E-state index contributed by atoms with van der Waals surface area (Å²) < 4.78 is 80.6. The third-order valence-corrected chi connectivity index (χ3v) is 7.25. The van der Waals surface area contributed by atoms with E-state index in [0.717, 1.165) is 40.5 Å². The Labute approximate surface area is 201 Å². The second-order valence-electron chi connectivity index (χ2n) is 7.61. The second kappa shape index (κ2) is 8.97. The molecule has 4 aromatic rings. The van der Waals surface area contributed by atoms with E-state index in [4.69, 9.17) is 16.7 Å². The molecule has 4 rings (SSSR count). The Kier molecular flexibility index (Phi) is 6.32. The van der Waals surface area contributed by atoms with Crippen molar-refractivity contribution in [3.63, 3.8) is 0 Å². The molecule has 6 nitrogen and oxygen atoms in total. The van der Waals surface area contributed by atoms with Crippen LogP contribution in [0.1, 0.15) is 17.5 Å². The minimum Gasteiger partial charge on any atom is -0.481 e. The second-order valence-corrected chi connectivity index (χ2v) is 9.83. The number of aromatic nitrogens is 2. The molecule has 0 amide bonds. The number of nitrogens with zero attached hydrogens (tertiary/aromatic N) is 2. The molecule has 0 saturated carbocycles. The third kappa shape index (κ3) is 4.87. The van der Waals surface area contributed by atoms with E-state index in [9.17, 15) is 30.8 Å². The van der Waals surface area contributed by atoms with E-state index in [-0.39, 0.29) is 44.8 Å². The SMILES string of the molecule is O=C(O)CCc1cn(S(=O)(=O)c2cncc(-c3ccc(C(F)(F)F)cc3Cl)c2)c2ccc(F)cc12. The van der Waals surface area contributed by atoms with Gasteiger partial charge in [0.25, 0.3) is 10.0 Å². The Morgan fingerprint density at radius 1 is 1.09 bits per heavy atom. The van der Waals surface area contributed by atoms with Gasteiger partial charge in [0.1, 0.15) is 10.7 Å². The van der Waals surface area contributed by atoms with Crippen LogP contribution < -0.4 is 0 Å². The van der Waals surface area contributed by atoms with Crippen LogP contribution in [-0.4, -0.2) is 28.5 Å². The van der Waals surface area contributed by atoms with Crippen molar-refractivity contribution in [3.05, 3.63) is 83.0 Å². The number of aliphatic carboxylic acids is 1. The number of benzene rings is 2. The van der Waals surface area contributed by atoms with Gasteiger partial charge in [-0.25, -0.2) is 16.8 Å². The van der Waals surface area contributed by atoms with Crippen molar-refractivity contribution >= 4 is 38.5 Å². The van der Waals surface area contributed by atoms with Crippen LogP contribution in [0.2, 0.25) is 5.02 Å².